The summed E-state index contributed by atoms with van der Waals surface area (Å²) in [5.41, 5.74) is 0.199. The van der Waals surface area contributed by atoms with E-state index in [1.807, 2.05) is 0 Å². The Morgan fingerprint density at radius 3 is 2.89 bits per heavy atom. The number of carboxylic acids is 1. The molecule has 1 aliphatic rings. The fourth-order valence-corrected chi connectivity index (χ4v) is 2.05. The molecular formula is C13H20N2O4. The number of hydrogen-bond acceptors (Lipinski definition) is 5. The van der Waals surface area contributed by atoms with Crippen molar-refractivity contribution >= 4 is 5.97 Å². The van der Waals surface area contributed by atoms with E-state index < -0.39 is 5.97 Å². The predicted octanol–water partition coefficient (Wildman–Crippen LogP) is 0.790. The molecule has 6 nitrogen and oxygen atoms in total. The van der Waals surface area contributed by atoms with Gasteiger partial charge in [0.25, 0.3) is 0 Å². The number of rotatable bonds is 7. The molecule has 1 saturated heterocycles. The SMILES string of the molecule is O=C(O)c1coc(CNCCCN2CCOCC2)c1. The van der Waals surface area contributed by atoms with E-state index in [0.29, 0.717) is 12.3 Å². The third kappa shape index (κ3) is 4.66. The van der Waals surface area contributed by atoms with E-state index >= 15 is 0 Å². The zero-order valence-electron chi connectivity index (χ0n) is 10.9. The molecule has 6 heteroatoms. The van der Waals surface area contributed by atoms with Gasteiger partial charge in [-0.1, -0.05) is 0 Å². The molecule has 0 bridgehead atoms. The molecule has 0 radical (unpaired) electrons. The standard InChI is InChI=1S/C13H20N2O4/c16-13(17)11-8-12(19-10-11)9-14-2-1-3-15-4-6-18-7-5-15/h8,10,14H,1-7,9H2,(H,16,17). The van der Waals surface area contributed by atoms with Gasteiger partial charge in [-0.2, -0.15) is 0 Å². The highest BCUT2D eigenvalue weighted by Gasteiger charge is 2.10. The smallest absolute Gasteiger partial charge is 0.338 e. The van der Waals surface area contributed by atoms with E-state index in [0.717, 1.165) is 45.8 Å². The molecule has 19 heavy (non-hydrogen) atoms. The normalized spacial score (nSPS) is 16.6. The predicted molar refractivity (Wildman–Crippen MR) is 69.3 cm³/mol. The van der Waals surface area contributed by atoms with Crippen molar-refractivity contribution < 1.29 is 19.1 Å². The Balaban J connectivity index is 1.57. The summed E-state index contributed by atoms with van der Waals surface area (Å²) in [5, 5.41) is 12.0. The summed E-state index contributed by atoms with van der Waals surface area (Å²) in [6.07, 6.45) is 2.33. The first-order valence-electron chi connectivity index (χ1n) is 6.57. The minimum absolute atomic E-state index is 0.199. The van der Waals surface area contributed by atoms with Crippen molar-refractivity contribution in [3.8, 4) is 0 Å². The molecule has 0 aliphatic carbocycles. The van der Waals surface area contributed by atoms with Crippen LogP contribution in [-0.4, -0.2) is 55.4 Å². The Morgan fingerprint density at radius 1 is 1.42 bits per heavy atom. The van der Waals surface area contributed by atoms with E-state index in [1.54, 1.807) is 6.07 Å². The average Bonchev–Trinajstić information content (AvgIpc) is 2.89. The highest BCUT2D eigenvalue weighted by Crippen LogP contribution is 2.07. The second kappa shape index (κ2) is 7.28. The van der Waals surface area contributed by atoms with Gasteiger partial charge in [-0.15, -0.1) is 0 Å². The molecule has 106 valence electrons. The summed E-state index contributed by atoms with van der Waals surface area (Å²) in [4.78, 5) is 13.1. The van der Waals surface area contributed by atoms with Crippen molar-refractivity contribution in [2.75, 3.05) is 39.4 Å². The molecule has 2 heterocycles. The molecule has 1 aromatic heterocycles. The van der Waals surface area contributed by atoms with Crippen LogP contribution < -0.4 is 5.32 Å². The van der Waals surface area contributed by atoms with Crippen LogP contribution in [0, 0.1) is 0 Å². The molecule has 0 spiro atoms. The van der Waals surface area contributed by atoms with Gasteiger partial charge in [0.2, 0.25) is 0 Å². The first-order valence-corrected chi connectivity index (χ1v) is 6.57. The van der Waals surface area contributed by atoms with Gasteiger partial charge >= 0.3 is 5.97 Å². The first-order chi connectivity index (χ1) is 9.25. The largest absolute Gasteiger partial charge is 0.478 e. The van der Waals surface area contributed by atoms with Crippen LogP contribution >= 0.6 is 0 Å². The lowest BCUT2D eigenvalue weighted by atomic mass is 10.3. The van der Waals surface area contributed by atoms with Crippen LogP contribution in [0.3, 0.4) is 0 Å². The number of morpholine rings is 1. The molecular weight excluding hydrogens is 248 g/mol. The summed E-state index contributed by atoms with van der Waals surface area (Å²) >= 11 is 0. The van der Waals surface area contributed by atoms with Gasteiger partial charge in [0.15, 0.2) is 0 Å². The molecule has 1 aliphatic heterocycles. The third-order valence-electron chi connectivity index (χ3n) is 3.13. The van der Waals surface area contributed by atoms with Crippen molar-refractivity contribution in [3.63, 3.8) is 0 Å². The van der Waals surface area contributed by atoms with E-state index in [9.17, 15) is 4.79 Å². The molecule has 0 aromatic carbocycles. The maximum absolute atomic E-state index is 10.7. The monoisotopic (exact) mass is 268 g/mol. The summed E-state index contributed by atoms with van der Waals surface area (Å²) in [6, 6.07) is 1.55. The van der Waals surface area contributed by atoms with E-state index in [1.165, 1.54) is 6.26 Å². The maximum atomic E-state index is 10.7. The van der Waals surface area contributed by atoms with Crippen LogP contribution in [0.4, 0.5) is 0 Å². The Hall–Kier alpha value is -1.37. The Morgan fingerprint density at radius 2 is 2.21 bits per heavy atom. The Bertz CT molecular complexity index is 399. The number of aromatic carboxylic acids is 1. The van der Waals surface area contributed by atoms with Crippen molar-refractivity contribution in [1.29, 1.82) is 0 Å². The van der Waals surface area contributed by atoms with Gasteiger partial charge in [-0.05, 0) is 25.6 Å². The molecule has 0 saturated carbocycles. The zero-order chi connectivity index (χ0) is 13.5. The number of carboxylic acid groups (broad SMARTS) is 1. The van der Waals surface area contributed by atoms with Gasteiger partial charge in [0, 0.05) is 13.1 Å². The van der Waals surface area contributed by atoms with Gasteiger partial charge in [-0.25, -0.2) is 4.79 Å². The van der Waals surface area contributed by atoms with Crippen molar-refractivity contribution in [2.24, 2.45) is 0 Å². The summed E-state index contributed by atoms with van der Waals surface area (Å²) < 4.78 is 10.4. The highest BCUT2D eigenvalue weighted by molar-refractivity contribution is 5.87. The highest BCUT2D eigenvalue weighted by atomic mass is 16.5. The van der Waals surface area contributed by atoms with E-state index in [2.05, 4.69) is 10.2 Å². The summed E-state index contributed by atoms with van der Waals surface area (Å²) in [5.74, 6) is -0.300. The summed E-state index contributed by atoms with van der Waals surface area (Å²) in [6.45, 7) is 6.21. The van der Waals surface area contributed by atoms with Crippen molar-refractivity contribution in [3.05, 3.63) is 23.7 Å². The maximum Gasteiger partial charge on any atom is 0.338 e. The van der Waals surface area contributed by atoms with Crippen LogP contribution in [0.5, 0.6) is 0 Å². The Kier molecular flexibility index (Phi) is 5.38. The first kappa shape index (κ1) is 14.0. The van der Waals surface area contributed by atoms with Gasteiger partial charge in [0.1, 0.15) is 12.0 Å². The minimum Gasteiger partial charge on any atom is -0.478 e. The number of nitrogens with zero attached hydrogens (tertiary/aromatic N) is 1. The number of hydrogen-bond donors (Lipinski definition) is 2. The molecule has 1 fully saturated rings. The van der Waals surface area contributed by atoms with Crippen LogP contribution in [0.1, 0.15) is 22.5 Å². The molecule has 2 rings (SSSR count). The number of nitrogens with one attached hydrogen (secondary N) is 1. The number of carbonyl (C=O) groups is 1. The zero-order valence-corrected chi connectivity index (χ0v) is 10.9. The lowest BCUT2D eigenvalue weighted by Crippen LogP contribution is -2.37. The lowest BCUT2D eigenvalue weighted by molar-refractivity contribution is 0.0374. The van der Waals surface area contributed by atoms with Gasteiger partial charge in [0.05, 0.1) is 25.3 Å². The summed E-state index contributed by atoms with van der Waals surface area (Å²) in [7, 11) is 0. The lowest BCUT2D eigenvalue weighted by Gasteiger charge is -2.26. The fourth-order valence-electron chi connectivity index (χ4n) is 2.05. The Labute approximate surface area is 112 Å². The quantitative estimate of drug-likeness (QED) is 0.712. The van der Waals surface area contributed by atoms with Crippen molar-refractivity contribution in [1.82, 2.24) is 10.2 Å². The van der Waals surface area contributed by atoms with Crippen LogP contribution in [-0.2, 0) is 11.3 Å². The van der Waals surface area contributed by atoms with Crippen molar-refractivity contribution in [2.45, 2.75) is 13.0 Å². The second-order valence-corrected chi connectivity index (χ2v) is 4.59. The van der Waals surface area contributed by atoms with Crippen LogP contribution in [0.2, 0.25) is 0 Å². The molecule has 1 aromatic rings. The van der Waals surface area contributed by atoms with E-state index in [-0.39, 0.29) is 5.56 Å². The van der Waals surface area contributed by atoms with Gasteiger partial charge in [-0.3, -0.25) is 4.90 Å². The number of ether oxygens (including phenoxy) is 1. The number of furan rings is 1. The topological polar surface area (TPSA) is 74.9 Å². The minimum atomic E-state index is -0.956. The van der Waals surface area contributed by atoms with Crippen LogP contribution in [0.15, 0.2) is 16.7 Å². The average molecular weight is 268 g/mol. The molecule has 2 N–H and O–H groups in total. The molecule has 0 atom stereocenters. The molecule has 0 unspecified atom stereocenters. The third-order valence-corrected chi connectivity index (χ3v) is 3.13. The second-order valence-electron chi connectivity index (χ2n) is 4.59. The van der Waals surface area contributed by atoms with Gasteiger partial charge < -0.3 is 19.6 Å². The fraction of sp³-hybridized carbons (Fsp3) is 0.615. The van der Waals surface area contributed by atoms with E-state index in [4.69, 9.17) is 14.3 Å². The van der Waals surface area contributed by atoms with Crippen LogP contribution in [0.25, 0.3) is 0 Å². The molecule has 0 amide bonds.